The van der Waals surface area contributed by atoms with Crippen molar-refractivity contribution in [1.82, 2.24) is 0 Å². The van der Waals surface area contributed by atoms with E-state index in [9.17, 15) is 0 Å². The van der Waals surface area contributed by atoms with E-state index in [4.69, 9.17) is 0 Å². The second-order valence-electron chi connectivity index (χ2n) is 9.98. The molecular formula is C30H33Cl3SiTi. The Labute approximate surface area is 246 Å². The Morgan fingerprint density at radius 3 is 1.34 bits per heavy atom. The van der Waals surface area contributed by atoms with Crippen LogP contribution in [0.1, 0.15) is 43.9 Å². The molecule has 0 nitrogen and oxygen atoms in total. The summed E-state index contributed by atoms with van der Waals surface area (Å²) in [6.07, 6.45) is 7.21. The second kappa shape index (κ2) is 13.5. The van der Waals surface area contributed by atoms with Crippen LogP contribution in [-0.4, -0.2) is 8.07 Å². The van der Waals surface area contributed by atoms with Gasteiger partial charge in [0, 0.05) is 0 Å². The molecule has 3 aromatic carbocycles. The minimum absolute atomic E-state index is 0. The van der Waals surface area contributed by atoms with Crippen molar-refractivity contribution < 1.29 is 58.9 Å². The topological polar surface area (TPSA) is 0 Å². The van der Waals surface area contributed by atoms with E-state index in [2.05, 4.69) is 126 Å². The normalized spacial score (nSPS) is 12.7. The Bertz CT molecular complexity index is 1080. The standard InChI is InChI=1S/C30H33Si.3ClH.Ti/c1-22-11-7-14-25(19-22)31(26-15-8-12-23(2)20-26,27-16-9-13-24(3)21-27)29-18-10-17-28(29)30(4,5)6;;;;/h7-9,11-17,19-21H,10H2,1-6H3;3*1H;/q-1;;;;+4/p-3. The van der Waals surface area contributed by atoms with E-state index in [1.807, 2.05) is 0 Å². The van der Waals surface area contributed by atoms with Crippen LogP contribution < -0.4 is 52.8 Å². The van der Waals surface area contributed by atoms with Crippen molar-refractivity contribution in [2.75, 3.05) is 0 Å². The van der Waals surface area contributed by atoms with Gasteiger partial charge in [-0.1, -0.05) is 116 Å². The van der Waals surface area contributed by atoms with E-state index in [-0.39, 0.29) is 64.4 Å². The molecule has 5 heteroatoms. The molecule has 0 atom stereocenters. The van der Waals surface area contributed by atoms with Crippen LogP contribution in [0.2, 0.25) is 0 Å². The Morgan fingerprint density at radius 2 is 1.03 bits per heavy atom. The van der Waals surface area contributed by atoms with Crippen molar-refractivity contribution in [3.63, 3.8) is 0 Å². The van der Waals surface area contributed by atoms with E-state index >= 15 is 0 Å². The first-order valence-electron chi connectivity index (χ1n) is 11.3. The Balaban J connectivity index is 0.00000289. The minimum atomic E-state index is -2.52. The summed E-state index contributed by atoms with van der Waals surface area (Å²) < 4.78 is 0. The van der Waals surface area contributed by atoms with E-state index in [1.54, 1.807) is 0 Å². The van der Waals surface area contributed by atoms with Gasteiger partial charge in [-0.2, -0.15) is 11.6 Å². The molecule has 0 N–H and O–H groups in total. The number of rotatable bonds is 4. The molecule has 3 aromatic rings. The average Bonchev–Trinajstić information content (AvgIpc) is 3.20. The molecule has 0 aliphatic heterocycles. The van der Waals surface area contributed by atoms with Gasteiger partial charge >= 0.3 is 21.7 Å². The van der Waals surface area contributed by atoms with Gasteiger partial charge in [-0.3, -0.25) is 6.08 Å². The molecule has 0 spiro atoms. The zero-order chi connectivity index (χ0) is 22.2. The van der Waals surface area contributed by atoms with Crippen LogP contribution >= 0.6 is 0 Å². The molecular weight excluding hydrogens is 543 g/mol. The molecule has 0 heterocycles. The molecule has 0 fully saturated rings. The van der Waals surface area contributed by atoms with Crippen molar-refractivity contribution in [3.8, 4) is 0 Å². The molecule has 0 unspecified atom stereocenters. The van der Waals surface area contributed by atoms with Gasteiger partial charge in [0.05, 0.1) is 0 Å². The maximum Gasteiger partial charge on any atom is 4.00 e. The van der Waals surface area contributed by atoms with E-state index in [0.29, 0.717) is 0 Å². The van der Waals surface area contributed by atoms with E-state index in [0.717, 1.165) is 6.42 Å². The summed E-state index contributed by atoms with van der Waals surface area (Å²) in [5.41, 5.74) is 5.48. The van der Waals surface area contributed by atoms with Crippen molar-refractivity contribution in [3.05, 3.63) is 112 Å². The molecule has 1 aliphatic rings. The third-order valence-corrected chi connectivity index (χ3v) is 11.1. The SMILES string of the molecule is Cc1cccc([Si](C2=[C-]CC=C2C(C)(C)C)(c2cccc(C)c2)c2cccc(C)c2)c1.[Cl-].[Cl-].[Cl-].[Ti+4]. The maximum absolute atomic E-state index is 3.89. The summed E-state index contributed by atoms with van der Waals surface area (Å²) in [7, 11) is -2.52. The number of benzene rings is 3. The van der Waals surface area contributed by atoms with Crippen molar-refractivity contribution in [1.29, 1.82) is 0 Å². The zero-order valence-electron chi connectivity index (χ0n) is 21.3. The van der Waals surface area contributed by atoms with Gasteiger partial charge in [-0.15, -0.1) is 6.42 Å². The van der Waals surface area contributed by atoms with Crippen molar-refractivity contribution >= 4 is 23.6 Å². The third kappa shape index (κ3) is 6.64. The molecule has 182 valence electrons. The quantitative estimate of drug-likeness (QED) is 0.174. The zero-order valence-corrected chi connectivity index (χ0v) is 26.2. The fourth-order valence-electron chi connectivity index (χ4n) is 5.04. The summed E-state index contributed by atoms with van der Waals surface area (Å²) in [6.45, 7) is 13.7. The van der Waals surface area contributed by atoms with Gasteiger partial charge in [0.25, 0.3) is 0 Å². The van der Waals surface area contributed by atoms with Crippen LogP contribution in [0, 0.1) is 32.3 Å². The molecule has 0 radical (unpaired) electrons. The predicted octanol–water partition coefficient (Wildman–Crippen LogP) is -3.26. The fraction of sp³-hybridized carbons (Fsp3) is 0.267. The molecule has 0 saturated heterocycles. The number of hydrogen-bond acceptors (Lipinski definition) is 0. The first-order chi connectivity index (χ1) is 14.7. The summed E-state index contributed by atoms with van der Waals surface area (Å²) in [4.78, 5) is 0. The van der Waals surface area contributed by atoms with Gasteiger partial charge in [0.1, 0.15) is 8.07 Å². The minimum Gasteiger partial charge on any atom is -1.00 e. The van der Waals surface area contributed by atoms with Gasteiger partial charge in [0.15, 0.2) is 0 Å². The molecule has 0 aromatic heterocycles. The first-order valence-corrected chi connectivity index (χ1v) is 13.3. The van der Waals surface area contributed by atoms with Crippen LogP contribution in [0.4, 0.5) is 0 Å². The van der Waals surface area contributed by atoms with Gasteiger partial charge < -0.3 is 37.2 Å². The molecule has 1 aliphatic carbocycles. The summed E-state index contributed by atoms with van der Waals surface area (Å²) in [5, 5.41) is 5.79. The van der Waals surface area contributed by atoms with E-state index < -0.39 is 8.07 Å². The van der Waals surface area contributed by atoms with Gasteiger partial charge in [-0.05, 0) is 36.3 Å². The number of aryl methyl sites for hydroxylation is 3. The summed E-state index contributed by atoms with van der Waals surface area (Å²) in [5.74, 6) is 0. The molecule has 4 rings (SSSR count). The maximum atomic E-state index is 3.89. The molecule has 0 saturated carbocycles. The van der Waals surface area contributed by atoms with Crippen LogP contribution in [-0.2, 0) is 21.7 Å². The smallest absolute Gasteiger partial charge is 1.00 e. The van der Waals surface area contributed by atoms with Crippen molar-refractivity contribution in [2.24, 2.45) is 5.41 Å². The van der Waals surface area contributed by atoms with Crippen LogP contribution in [0.3, 0.4) is 0 Å². The predicted molar refractivity (Wildman–Crippen MR) is 137 cm³/mol. The number of hydrogen-bond donors (Lipinski definition) is 0. The monoisotopic (exact) mass is 574 g/mol. The molecule has 35 heavy (non-hydrogen) atoms. The summed E-state index contributed by atoms with van der Waals surface area (Å²) in [6, 6.07) is 27.7. The second-order valence-corrected chi connectivity index (χ2v) is 13.7. The summed E-state index contributed by atoms with van der Waals surface area (Å²) >= 11 is 0. The van der Waals surface area contributed by atoms with Gasteiger partial charge in [-0.25, -0.2) is 5.20 Å². The van der Waals surface area contributed by atoms with Crippen molar-refractivity contribution in [2.45, 2.75) is 48.0 Å². The van der Waals surface area contributed by atoms with Gasteiger partial charge in [0.2, 0.25) is 0 Å². The van der Waals surface area contributed by atoms with Crippen LogP contribution in [0.5, 0.6) is 0 Å². The molecule has 0 bridgehead atoms. The largest absolute Gasteiger partial charge is 4.00 e. The number of halogens is 3. The Hall–Kier alpha value is -1.06. The number of allylic oxidation sites excluding steroid dienone is 4. The Morgan fingerprint density at radius 1 is 0.657 bits per heavy atom. The third-order valence-electron chi connectivity index (χ3n) is 6.39. The van der Waals surface area contributed by atoms with E-state index in [1.165, 1.54) is 43.0 Å². The Kier molecular flexibility index (Phi) is 13.1. The van der Waals surface area contributed by atoms with Crippen LogP contribution in [0.25, 0.3) is 0 Å². The first kappa shape index (κ1) is 33.9. The fourth-order valence-corrected chi connectivity index (χ4v) is 10.5. The average molecular weight is 576 g/mol. The molecule has 0 amide bonds. The van der Waals surface area contributed by atoms with Crippen LogP contribution in [0.15, 0.2) is 89.6 Å².